The molecule has 21 heavy (non-hydrogen) atoms. The van der Waals surface area contributed by atoms with Crippen LogP contribution in [-0.4, -0.2) is 27.5 Å². The Morgan fingerprint density at radius 1 is 1.14 bits per heavy atom. The minimum Gasteiger partial charge on any atom is -0.175 e. The molecule has 3 unspecified atom stereocenters. The maximum Gasteiger partial charge on any atom is 0.306 e. The lowest BCUT2D eigenvalue weighted by Gasteiger charge is -2.47. The summed E-state index contributed by atoms with van der Waals surface area (Å²) in [5.74, 6) is 19.0. The van der Waals surface area contributed by atoms with E-state index in [-0.39, 0.29) is 10.3 Å². The van der Waals surface area contributed by atoms with E-state index in [4.69, 9.17) is 27.2 Å². The van der Waals surface area contributed by atoms with Gasteiger partial charge < -0.3 is 0 Å². The van der Waals surface area contributed by atoms with Gasteiger partial charge in [0.25, 0.3) is 0 Å². The quantitative estimate of drug-likeness (QED) is 0.545. The number of rotatable bonds is 3. The van der Waals surface area contributed by atoms with Gasteiger partial charge in [-0.15, -0.1) is 17.5 Å². The topological polar surface area (TPSA) is 96.5 Å². The van der Waals surface area contributed by atoms with Crippen molar-refractivity contribution in [3.05, 3.63) is 12.8 Å². The molecule has 1 saturated heterocycles. The minimum absolute atomic E-state index is 0.377. The lowest BCUT2D eigenvalue weighted by Crippen LogP contribution is -2.78. The maximum absolute atomic E-state index is 6.34. The SMILES string of the molecule is C=C[N+]1(N)OCCCCC(C)(CC)[N+](N)(N)OC1(C)CC. The fourth-order valence-corrected chi connectivity index (χ4v) is 2.62. The Bertz CT molecular complexity index is 378. The van der Waals surface area contributed by atoms with Crippen LogP contribution in [0, 0.1) is 0 Å². The van der Waals surface area contributed by atoms with Crippen LogP contribution in [0.5, 0.6) is 0 Å². The van der Waals surface area contributed by atoms with Crippen LogP contribution in [0.1, 0.15) is 59.8 Å². The predicted octanol–water partition coefficient (Wildman–Crippen LogP) is 1.73. The molecule has 7 heteroatoms. The van der Waals surface area contributed by atoms with Crippen LogP contribution < -0.4 is 17.5 Å². The minimum atomic E-state index is -0.932. The van der Waals surface area contributed by atoms with E-state index < -0.39 is 10.6 Å². The zero-order valence-electron chi connectivity index (χ0n) is 14.0. The first-order chi connectivity index (χ1) is 9.60. The van der Waals surface area contributed by atoms with E-state index in [1.165, 1.54) is 6.20 Å². The highest BCUT2D eigenvalue weighted by atomic mass is 16.9. The molecule has 7 nitrogen and oxygen atoms in total. The van der Waals surface area contributed by atoms with Crippen LogP contribution in [0.3, 0.4) is 0 Å². The normalized spacial score (nSPS) is 41.5. The lowest BCUT2D eigenvalue weighted by atomic mass is 9.91. The molecule has 0 amide bonds. The second kappa shape index (κ2) is 6.29. The second-order valence-corrected chi connectivity index (χ2v) is 6.36. The molecule has 0 aromatic heterocycles. The molecule has 0 aromatic rings. The number of hydroxylamine groups is 3. The van der Waals surface area contributed by atoms with Crippen LogP contribution in [-0.2, 0) is 9.68 Å². The summed E-state index contributed by atoms with van der Waals surface area (Å²) in [5.41, 5.74) is -1.32. The largest absolute Gasteiger partial charge is 0.306 e. The third kappa shape index (κ3) is 3.29. The fraction of sp³-hybridized carbons (Fsp3) is 0.857. The van der Waals surface area contributed by atoms with Crippen molar-refractivity contribution in [2.45, 2.75) is 71.1 Å². The van der Waals surface area contributed by atoms with Crippen molar-refractivity contribution in [3.8, 4) is 0 Å². The Morgan fingerprint density at radius 3 is 2.24 bits per heavy atom. The maximum atomic E-state index is 6.34. The van der Waals surface area contributed by atoms with Gasteiger partial charge in [-0.2, -0.15) is 4.84 Å². The van der Waals surface area contributed by atoms with E-state index in [1.54, 1.807) is 0 Å². The molecule has 3 atom stereocenters. The van der Waals surface area contributed by atoms with Crippen LogP contribution in [0.25, 0.3) is 0 Å². The number of nitrogens with two attached hydrogens (primary N) is 3. The van der Waals surface area contributed by atoms with Crippen molar-refractivity contribution in [1.29, 1.82) is 0 Å². The van der Waals surface area contributed by atoms with E-state index in [1.807, 2.05) is 20.8 Å². The summed E-state index contributed by atoms with van der Waals surface area (Å²) in [4.78, 5) is 11.4. The molecule has 124 valence electrons. The number of hydrogen-bond donors (Lipinski definition) is 3. The highest BCUT2D eigenvalue weighted by Crippen LogP contribution is 2.36. The van der Waals surface area contributed by atoms with Crippen LogP contribution in [0.4, 0.5) is 0 Å². The smallest absolute Gasteiger partial charge is 0.175 e. The molecule has 1 aliphatic rings. The van der Waals surface area contributed by atoms with Gasteiger partial charge in [0.2, 0.25) is 0 Å². The zero-order chi connectivity index (χ0) is 16.4. The molecule has 0 spiro atoms. The molecule has 1 heterocycles. The fourth-order valence-electron chi connectivity index (χ4n) is 2.62. The molecule has 6 N–H and O–H groups in total. The standard InChI is InChI=1S/C14H33N5O2/c1-6-13(4)11-9-10-12-20-18(15,8-3)14(5,7-2)21-19(13,16)17/h8H,3,6-7,9-12,15-17H2,1-2,4-5H3/q+2. The Balaban J connectivity index is 3.26. The van der Waals surface area contributed by atoms with Crippen LogP contribution in [0.2, 0.25) is 0 Å². The number of nitrogens with zero attached hydrogens (tertiary/aromatic N) is 2. The summed E-state index contributed by atoms with van der Waals surface area (Å²) in [7, 11) is 0. The molecule has 0 aliphatic carbocycles. The van der Waals surface area contributed by atoms with Crippen molar-refractivity contribution in [2.24, 2.45) is 17.5 Å². The molecule has 0 aromatic carbocycles. The average Bonchev–Trinajstić information content (AvgIpc) is 2.44. The van der Waals surface area contributed by atoms with Crippen molar-refractivity contribution < 1.29 is 19.3 Å². The summed E-state index contributed by atoms with van der Waals surface area (Å²) < 4.78 is -0.377. The van der Waals surface area contributed by atoms with Gasteiger partial charge in [0.15, 0.2) is 5.54 Å². The van der Waals surface area contributed by atoms with Gasteiger partial charge in [0.05, 0.1) is 0 Å². The number of hydrogen-bond acceptors (Lipinski definition) is 5. The van der Waals surface area contributed by atoms with Crippen molar-refractivity contribution >= 4 is 0 Å². The highest BCUT2D eigenvalue weighted by molar-refractivity contribution is 4.73. The third-order valence-electron chi connectivity index (χ3n) is 5.03. The van der Waals surface area contributed by atoms with Crippen LogP contribution in [0.15, 0.2) is 12.8 Å². The average molecular weight is 303 g/mol. The summed E-state index contributed by atoms with van der Waals surface area (Å²) in [5, 5.41) is 0. The Hall–Kier alpha value is -0.540. The first-order valence-corrected chi connectivity index (χ1v) is 7.72. The summed E-state index contributed by atoms with van der Waals surface area (Å²) in [6.07, 6.45) is 5.60. The first-order valence-electron chi connectivity index (χ1n) is 7.72. The van der Waals surface area contributed by atoms with E-state index >= 15 is 0 Å². The highest BCUT2D eigenvalue weighted by Gasteiger charge is 2.58. The second-order valence-electron chi connectivity index (χ2n) is 6.36. The van der Waals surface area contributed by atoms with Gasteiger partial charge in [0, 0.05) is 26.2 Å². The molecular weight excluding hydrogens is 270 g/mol. The molecule has 1 aliphatic heterocycles. The lowest BCUT2D eigenvalue weighted by molar-refractivity contribution is -1.24. The molecule has 1 rings (SSSR count). The Kier molecular flexibility index (Phi) is 5.55. The van der Waals surface area contributed by atoms with Gasteiger partial charge in [-0.3, -0.25) is 0 Å². The summed E-state index contributed by atoms with van der Waals surface area (Å²) >= 11 is 0. The first kappa shape index (κ1) is 18.5. The van der Waals surface area contributed by atoms with E-state index in [9.17, 15) is 0 Å². The van der Waals surface area contributed by atoms with Crippen LogP contribution >= 0.6 is 0 Å². The zero-order valence-corrected chi connectivity index (χ0v) is 14.0. The molecule has 1 fully saturated rings. The van der Waals surface area contributed by atoms with Gasteiger partial charge in [-0.1, -0.05) is 23.4 Å². The Labute approximate surface area is 128 Å². The van der Waals surface area contributed by atoms with E-state index in [0.29, 0.717) is 13.0 Å². The van der Waals surface area contributed by atoms with Gasteiger partial charge in [-0.05, 0) is 31.2 Å². The van der Waals surface area contributed by atoms with Gasteiger partial charge >= 0.3 is 5.72 Å². The van der Waals surface area contributed by atoms with Crippen molar-refractivity contribution in [3.63, 3.8) is 0 Å². The molecule has 0 bridgehead atoms. The number of quaternary nitrogens is 2. The van der Waals surface area contributed by atoms with E-state index in [0.717, 1.165) is 25.7 Å². The monoisotopic (exact) mass is 303 g/mol. The van der Waals surface area contributed by atoms with Crippen molar-refractivity contribution in [1.82, 2.24) is 0 Å². The third-order valence-corrected chi connectivity index (χ3v) is 5.03. The summed E-state index contributed by atoms with van der Waals surface area (Å²) in [6, 6.07) is 0. The summed E-state index contributed by atoms with van der Waals surface area (Å²) in [6.45, 7) is 12.2. The molecular formula is C14H33N5O2+2. The van der Waals surface area contributed by atoms with Gasteiger partial charge in [-0.25, -0.2) is 0 Å². The predicted molar refractivity (Wildman–Crippen MR) is 81.6 cm³/mol. The van der Waals surface area contributed by atoms with Gasteiger partial charge in [0.1, 0.15) is 12.8 Å². The van der Waals surface area contributed by atoms with Crippen molar-refractivity contribution in [2.75, 3.05) is 6.61 Å². The molecule has 0 saturated carbocycles. The van der Waals surface area contributed by atoms with E-state index in [2.05, 4.69) is 13.5 Å². The Morgan fingerprint density at radius 2 is 1.76 bits per heavy atom. The molecule has 0 radical (unpaired) electrons.